The van der Waals surface area contributed by atoms with Crippen molar-refractivity contribution in [3.05, 3.63) is 52.8 Å². The molecule has 1 aliphatic heterocycles. The molecule has 0 spiro atoms. The summed E-state index contributed by atoms with van der Waals surface area (Å²) in [5.74, 6) is 2.94. The molecular formula is C21H19N5O2S. The van der Waals surface area contributed by atoms with Crippen LogP contribution < -0.4 is 14.8 Å². The van der Waals surface area contributed by atoms with E-state index in [1.807, 2.05) is 18.2 Å². The number of aryl methyl sites for hydroxylation is 2. The lowest BCUT2D eigenvalue weighted by atomic mass is 10.1. The van der Waals surface area contributed by atoms with Crippen molar-refractivity contribution in [1.82, 2.24) is 19.9 Å². The molecule has 0 saturated heterocycles. The number of hydrogen-bond acceptors (Lipinski definition) is 8. The zero-order chi connectivity index (χ0) is 19.8. The van der Waals surface area contributed by atoms with E-state index in [1.165, 1.54) is 10.4 Å². The second-order valence-electron chi connectivity index (χ2n) is 6.78. The number of fused-ring (bicyclic) bond motifs is 2. The zero-order valence-corrected chi connectivity index (χ0v) is 16.9. The van der Waals surface area contributed by atoms with Gasteiger partial charge in [-0.2, -0.15) is 0 Å². The van der Waals surface area contributed by atoms with Crippen molar-refractivity contribution >= 4 is 27.4 Å². The summed E-state index contributed by atoms with van der Waals surface area (Å²) in [6, 6.07) is 6.00. The van der Waals surface area contributed by atoms with Gasteiger partial charge in [-0.15, -0.1) is 11.3 Å². The number of benzene rings is 1. The van der Waals surface area contributed by atoms with Gasteiger partial charge in [-0.05, 0) is 37.1 Å². The van der Waals surface area contributed by atoms with Crippen molar-refractivity contribution in [1.29, 1.82) is 0 Å². The van der Waals surface area contributed by atoms with E-state index < -0.39 is 0 Å². The molecule has 146 valence electrons. The van der Waals surface area contributed by atoms with Crippen LogP contribution in [0.3, 0.4) is 0 Å². The van der Waals surface area contributed by atoms with E-state index in [0.29, 0.717) is 31.3 Å². The highest BCUT2D eigenvalue weighted by Crippen LogP contribution is 2.35. The second kappa shape index (κ2) is 7.29. The average Bonchev–Trinajstić information content (AvgIpc) is 3.06. The van der Waals surface area contributed by atoms with E-state index in [2.05, 4.69) is 29.1 Å². The number of ether oxygens (including phenoxy) is 2. The number of nitrogens with one attached hydrogen (secondary N) is 1. The summed E-state index contributed by atoms with van der Waals surface area (Å²) >= 11 is 1.67. The second-order valence-corrected chi connectivity index (χ2v) is 7.98. The van der Waals surface area contributed by atoms with Gasteiger partial charge in [0.05, 0.1) is 11.6 Å². The molecule has 8 heteroatoms. The summed E-state index contributed by atoms with van der Waals surface area (Å²) < 4.78 is 11.3. The molecule has 29 heavy (non-hydrogen) atoms. The lowest BCUT2D eigenvalue weighted by Gasteiger charge is -2.19. The van der Waals surface area contributed by atoms with Gasteiger partial charge in [0, 0.05) is 23.8 Å². The molecule has 0 unspecified atom stereocenters. The lowest BCUT2D eigenvalue weighted by molar-refractivity contribution is 0.171. The fraction of sp³-hybridized carbons (Fsp3) is 0.238. The van der Waals surface area contributed by atoms with Crippen LogP contribution in [0.15, 0.2) is 36.8 Å². The minimum absolute atomic E-state index is 0.566. The van der Waals surface area contributed by atoms with Crippen LogP contribution in [0.4, 0.5) is 5.82 Å². The monoisotopic (exact) mass is 405 g/mol. The number of aromatic nitrogens is 4. The summed E-state index contributed by atoms with van der Waals surface area (Å²) in [5, 5.41) is 4.54. The quantitative estimate of drug-likeness (QED) is 0.546. The van der Waals surface area contributed by atoms with Crippen LogP contribution >= 0.6 is 11.3 Å². The summed E-state index contributed by atoms with van der Waals surface area (Å²) in [6.45, 7) is 5.98. The number of anilines is 1. The molecule has 7 nitrogen and oxygen atoms in total. The number of thiophene rings is 1. The van der Waals surface area contributed by atoms with Crippen LogP contribution in [0, 0.1) is 13.8 Å². The summed E-state index contributed by atoms with van der Waals surface area (Å²) in [5.41, 5.74) is 2.94. The minimum atomic E-state index is 0.566. The third-order valence-corrected chi connectivity index (χ3v) is 5.99. The largest absolute Gasteiger partial charge is 0.486 e. The molecule has 4 aromatic rings. The van der Waals surface area contributed by atoms with Gasteiger partial charge >= 0.3 is 0 Å². The van der Waals surface area contributed by atoms with Crippen molar-refractivity contribution in [2.45, 2.75) is 20.4 Å². The number of nitrogens with zero attached hydrogens (tertiary/aromatic N) is 4. The van der Waals surface area contributed by atoms with E-state index >= 15 is 0 Å². The Hall–Kier alpha value is -3.26. The maximum atomic E-state index is 5.69. The third kappa shape index (κ3) is 3.36. The highest BCUT2D eigenvalue weighted by Gasteiger charge is 2.17. The molecule has 0 bridgehead atoms. The first kappa shape index (κ1) is 17.8. The third-order valence-electron chi connectivity index (χ3n) is 4.89. The predicted molar refractivity (Wildman–Crippen MR) is 113 cm³/mol. The Balaban J connectivity index is 1.51. The molecular weight excluding hydrogens is 386 g/mol. The molecule has 0 amide bonds. The fourth-order valence-corrected chi connectivity index (χ4v) is 4.32. The Kier molecular flexibility index (Phi) is 4.48. The van der Waals surface area contributed by atoms with Crippen molar-refractivity contribution in [3.63, 3.8) is 0 Å². The topological polar surface area (TPSA) is 82.1 Å². The van der Waals surface area contributed by atoms with Gasteiger partial charge in [0.1, 0.15) is 29.6 Å². The molecule has 0 aliphatic carbocycles. The van der Waals surface area contributed by atoms with Crippen LogP contribution in [0.25, 0.3) is 21.7 Å². The average molecular weight is 405 g/mol. The molecule has 3 aromatic heterocycles. The van der Waals surface area contributed by atoms with Crippen LogP contribution in [-0.2, 0) is 6.54 Å². The Morgan fingerprint density at radius 1 is 1.07 bits per heavy atom. The van der Waals surface area contributed by atoms with Gasteiger partial charge in [-0.1, -0.05) is 6.07 Å². The molecule has 5 rings (SSSR count). The molecule has 0 radical (unpaired) electrons. The first-order valence-corrected chi connectivity index (χ1v) is 10.2. The highest BCUT2D eigenvalue weighted by atomic mass is 32.1. The molecule has 1 N–H and O–H groups in total. The Morgan fingerprint density at radius 2 is 1.93 bits per heavy atom. The standard InChI is InChI=1S/C21H19N5O2S/c1-12-13(2)29-21-18(12)20(25-19(26-21)15-11-22-5-6-23-15)24-10-14-3-4-16-17(9-14)28-8-7-27-16/h3-6,9,11H,7-8,10H2,1-2H3,(H,24,25,26). The van der Waals surface area contributed by atoms with Gasteiger partial charge in [-0.25, -0.2) is 15.0 Å². The van der Waals surface area contributed by atoms with Crippen LogP contribution in [0.2, 0.25) is 0 Å². The maximum absolute atomic E-state index is 5.69. The molecule has 0 atom stereocenters. The van der Waals surface area contributed by atoms with Crippen LogP contribution in [0.1, 0.15) is 16.0 Å². The summed E-state index contributed by atoms with van der Waals surface area (Å²) in [7, 11) is 0. The Morgan fingerprint density at radius 3 is 2.76 bits per heavy atom. The normalized spacial score (nSPS) is 12.9. The first-order valence-electron chi connectivity index (χ1n) is 9.35. The van der Waals surface area contributed by atoms with E-state index in [4.69, 9.17) is 19.4 Å². The fourth-order valence-electron chi connectivity index (χ4n) is 3.29. The Labute approximate surface area is 171 Å². The zero-order valence-electron chi connectivity index (χ0n) is 16.1. The first-order chi connectivity index (χ1) is 14.2. The van der Waals surface area contributed by atoms with Gasteiger partial charge in [0.15, 0.2) is 17.3 Å². The Bertz CT molecular complexity index is 1190. The SMILES string of the molecule is Cc1sc2nc(-c3cnccn3)nc(NCc3ccc4c(c3)OCCO4)c2c1C. The predicted octanol–water partition coefficient (Wildman–Crippen LogP) is 4.15. The summed E-state index contributed by atoms with van der Waals surface area (Å²) in [4.78, 5) is 20.2. The number of rotatable bonds is 4. The van der Waals surface area contributed by atoms with Crippen molar-refractivity contribution in [2.24, 2.45) is 0 Å². The van der Waals surface area contributed by atoms with E-state index in [0.717, 1.165) is 33.1 Å². The van der Waals surface area contributed by atoms with Gasteiger partial charge in [-0.3, -0.25) is 4.98 Å². The minimum Gasteiger partial charge on any atom is -0.486 e. The van der Waals surface area contributed by atoms with Gasteiger partial charge in [0.2, 0.25) is 0 Å². The summed E-state index contributed by atoms with van der Waals surface area (Å²) in [6.07, 6.45) is 4.97. The van der Waals surface area contributed by atoms with Gasteiger partial charge < -0.3 is 14.8 Å². The van der Waals surface area contributed by atoms with Crippen molar-refractivity contribution in [2.75, 3.05) is 18.5 Å². The molecule has 0 fully saturated rings. The maximum Gasteiger partial charge on any atom is 0.183 e. The van der Waals surface area contributed by atoms with Crippen molar-refractivity contribution in [3.8, 4) is 23.0 Å². The van der Waals surface area contributed by atoms with E-state index in [1.54, 1.807) is 29.9 Å². The highest BCUT2D eigenvalue weighted by molar-refractivity contribution is 7.18. The van der Waals surface area contributed by atoms with Crippen molar-refractivity contribution < 1.29 is 9.47 Å². The van der Waals surface area contributed by atoms with E-state index in [-0.39, 0.29) is 0 Å². The smallest absolute Gasteiger partial charge is 0.183 e. The van der Waals surface area contributed by atoms with Crippen LogP contribution in [-0.4, -0.2) is 33.1 Å². The van der Waals surface area contributed by atoms with Gasteiger partial charge in [0.25, 0.3) is 0 Å². The lowest BCUT2D eigenvalue weighted by Crippen LogP contribution is -2.15. The number of hydrogen-bond donors (Lipinski definition) is 1. The molecule has 1 aliphatic rings. The van der Waals surface area contributed by atoms with E-state index in [9.17, 15) is 0 Å². The molecule has 0 saturated carbocycles. The van der Waals surface area contributed by atoms with Crippen LogP contribution in [0.5, 0.6) is 11.5 Å². The molecule has 1 aromatic carbocycles. The molecule has 4 heterocycles.